The maximum atomic E-state index is 12.5. The van der Waals surface area contributed by atoms with Crippen LogP contribution in [0.3, 0.4) is 0 Å². The number of amides is 2. The molecule has 1 aromatic rings. The van der Waals surface area contributed by atoms with Crippen molar-refractivity contribution in [2.75, 3.05) is 18.4 Å². The van der Waals surface area contributed by atoms with Gasteiger partial charge in [-0.25, -0.2) is 4.79 Å². The first-order valence-electron chi connectivity index (χ1n) is 10.2. The quantitative estimate of drug-likeness (QED) is 0.768. The first-order chi connectivity index (χ1) is 13.4. The summed E-state index contributed by atoms with van der Waals surface area (Å²) in [6.07, 6.45) is 2.45. The molecular formula is C22H31N3O4. The van der Waals surface area contributed by atoms with Crippen LogP contribution in [-0.2, 0) is 9.53 Å². The highest BCUT2D eigenvalue weighted by Crippen LogP contribution is 2.43. The van der Waals surface area contributed by atoms with Crippen LogP contribution in [0.4, 0.5) is 10.5 Å². The van der Waals surface area contributed by atoms with E-state index in [9.17, 15) is 14.4 Å². The van der Waals surface area contributed by atoms with Crippen LogP contribution in [0.25, 0.3) is 0 Å². The van der Waals surface area contributed by atoms with Gasteiger partial charge in [0.1, 0.15) is 5.60 Å². The van der Waals surface area contributed by atoms with Crippen LogP contribution in [0.15, 0.2) is 6.07 Å². The van der Waals surface area contributed by atoms with Crippen molar-refractivity contribution >= 4 is 24.0 Å². The molecule has 0 aromatic carbocycles. The first-order valence-corrected chi connectivity index (χ1v) is 10.2. The van der Waals surface area contributed by atoms with Crippen molar-refractivity contribution in [2.24, 2.45) is 5.41 Å². The maximum absolute atomic E-state index is 12.5. The third-order valence-corrected chi connectivity index (χ3v) is 5.07. The predicted molar refractivity (Wildman–Crippen MR) is 110 cm³/mol. The minimum Gasteiger partial charge on any atom is -0.444 e. The summed E-state index contributed by atoms with van der Waals surface area (Å²) >= 11 is 0. The lowest BCUT2D eigenvalue weighted by molar-refractivity contribution is -0.123. The molecule has 0 radical (unpaired) electrons. The standard InChI is InChI=1S/C22H31N3O4/c1-21(2,3)19(27)24-17-9-16(23-18(13-7-8-13)15(17)12-26)14-10-25(11-14)20(28)29-22(4,5)6/h9,12-14H,7-8,10-11H2,1-6H3,(H,23,24,27). The molecule has 0 spiro atoms. The Hall–Kier alpha value is -2.44. The molecule has 2 fully saturated rings. The number of nitrogens with zero attached hydrogens (tertiary/aromatic N) is 2. The van der Waals surface area contributed by atoms with Gasteiger partial charge < -0.3 is 15.0 Å². The van der Waals surface area contributed by atoms with Gasteiger partial charge in [-0.05, 0) is 39.7 Å². The third-order valence-electron chi connectivity index (χ3n) is 5.07. The van der Waals surface area contributed by atoms with Crippen molar-refractivity contribution in [1.29, 1.82) is 0 Å². The smallest absolute Gasteiger partial charge is 0.410 e. The number of anilines is 1. The van der Waals surface area contributed by atoms with Gasteiger partial charge in [0.15, 0.2) is 6.29 Å². The summed E-state index contributed by atoms with van der Waals surface area (Å²) in [6, 6.07) is 1.79. The molecule has 1 saturated heterocycles. The van der Waals surface area contributed by atoms with Crippen molar-refractivity contribution in [3.05, 3.63) is 23.0 Å². The number of ether oxygens (including phenoxy) is 1. The second kappa shape index (κ2) is 7.43. The zero-order chi connectivity index (χ0) is 21.6. The highest BCUT2D eigenvalue weighted by atomic mass is 16.6. The van der Waals surface area contributed by atoms with E-state index < -0.39 is 11.0 Å². The molecule has 1 aliphatic carbocycles. The number of hydrogen-bond acceptors (Lipinski definition) is 5. The average Bonchev–Trinajstić information content (AvgIpc) is 3.35. The molecule has 1 saturated carbocycles. The van der Waals surface area contributed by atoms with Gasteiger partial charge in [-0.1, -0.05) is 20.8 Å². The fourth-order valence-corrected chi connectivity index (χ4v) is 3.15. The van der Waals surface area contributed by atoms with Crippen molar-refractivity contribution in [1.82, 2.24) is 9.88 Å². The highest BCUT2D eigenvalue weighted by molar-refractivity contribution is 5.99. The number of aromatic nitrogens is 1. The zero-order valence-electron chi connectivity index (χ0n) is 18.2. The average molecular weight is 402 g/mol. The van der Waals surface area contributed by atoms with Gasteiger partial charge in [0.2, 0.25) is 5.91 Å². The zero-order valence-corrected chi connectivity index (χ0v) is 18.2. The number of aldehydes is 1. The molecule has 0 bridgehead atoms. The molecule has 3 rings (SSSR count). The lowest BCUT2D eigenvalue weighted by Crippen LogP contribution is -2.50. The van der Waals surface area contributed by atoms with E-state index in [1.54, 1.807) is 11.0 Å². The molecular weight excluding hydrogens is 370 g/mol. The van der Waals surface area contributed by atoms with E-state index in [1.165, 1.54) is 0 Å². The summed E-state index contributed by atoms with van der Waals surface area (Å²) in [4.78, 5) is 42.9. The van der Waals surface area contributed by atoms with E-state index in [4.69, 9.17) is 9.72 Å². The normalized spacial score (nSPS) is 17.5. The van der Waals surface area contributed by atoms with E-state index in [2.05, 4.69) is 5.32 Å². The SMILES string of the molecule is CC(C)(C)OC(=O)N1CC(c2cc(NC(=O)C(C)(C)C)c(C=O)c(C3CC3)n2)C1. The Morgan fingerprint density at radius 3 is 2.24 bits per heavy atom. The van der Waals surface area contributed by atoms with Gasteiger partial charge in [-0.3, -0.25) is 14.6 Å². The highest BCUT2D eigenvalue weighted by Gasteiger charge is 2.37. The molecule has 0 unspecified atom stereocenters. The minimum absolute atomic E-state index is 0.0611. The van der Waals surface area contributed by atoms with Gasteiger partial charge in [-0.2, -0.15) is 0 Å². The Morgan fingerprint density at radius 1 is 1.14 bits per heavy atom. The number of pyridine rings is 1. The molecule has 7 nitrogen and oxygen atoms in total. The van der Waals surface area contributed by atoms with Crippen molar-refractivity contribution in [2.45, 2.75) is 71.8 Å². The predicted octanol–water partition coefficient (Wildman–Crippen LogP) is 4.09. The van der Waals surface area contributed by atoms with Crippen molar-refractivity contribution in [3.8, 4) is 0 Å². The monoisotopic (exact) mass is 401 g/mol. The van der Waals surface area contributed by atoms with E-state index >= 15 is 0 Å². The second-order valence-electron chi connectivity index (χ2n) is 10.1. The lowest BCUT2D eigenvalue weighted by Gasteiger charge is -2.39. The summed E-state index contributed by atoms with van der Waals surface area (Å²) in [7, 11) is 0. The van der Waals surface area contributed by atoms with Crippen molar-refractivity contribution < 1.29 is 19.1 Å². The molecule has 2 aliphatic rings. The first kappa shape index (κ1) is 21.3. The fourth-order valence-electron chi connectivity index (χ4n) is 3.15. The summed E-state index contributed by atoms with van der Waals surface area (Å²) < 4.78 is 5.41. The van der Waals surface area contributed by atoms with Crippen LogP contribution >= 0.6 is 0 Å². The van der Waals surface area contributed by atoms with Crippen LogP contribution in [0.5, 0.6) is 0 Å². The number of nitrogens with one attached hydrogen (secondary N) is 1. The van der Waals surface area contributed by atoms with E-state index in [0.717, 1.165) is 30.5 Å². The lowest BCUT2D eigenvalue weighted by atomic mass is 9.93. The number of carbonyl (C=O) groups excluding carboxylic acids is 3. The van der Waals surface area contributed by atoms with Crippen LogP contribution in [0, 0.1) is 5.41 Å². The molecule has 2 heterocycles. The van der Waals surface area contributed by atoms with Gasteiger partial charge in [0.25, 0.3) is 0 Å². The molecule has 29 heavy (non-hydrogen) atoms. The minimum atomic E-state index is -0.576. The molecule has 7 heteroatoms. The topological polar surface area (TPSA) is 88.6 Å². The van der Waals surface area contributed by atoms with Crippen molar-refractivity contribution in [3.63, 3.8) is 0 Å². The Labute approximate surface area is 172 Å². The molecule has 1 aromatic heterocycles. The summed E-state index contributed by atoms with van der Waals surface area (Å²) in [5.41, 5.74) is 1.45. The van der Waals surface area contributed by atoms with Crippen LogP contribution < -0.4 is 5.32 Å². The Bertz CT molecular complexity index is 826. The van der Waals surface area contributed by atoms with Crippen LogP contribution in [0.2, 0.25) is 0 Å². The van der Waals surface area contributed by atoms with Crippen LogP contribution in [-0.4, -0.2) is 46.9 Å². The number of carbonyl (C=O) groups is 3. The number of likely N-dealkylation sites (tertiary alicyclic amines) is 1. The van der Waals surface area contributed by atoms with E-state index in [-0.39, 0.29) is 23.8 Å². The van der Waals surface area contributed by atoms with Gasteiger partial charge in [-0.15, -0.1) is 0 Å². The number of hydrogen-bond donors (Lipinski definition) is 1. The molecule has 158 valence electrons. The Kier molecular flexibility index (Phi) is 5.45. The fraction of sp³-hybridized carbons (Fsp3) is 0.636. The van der Waals surface area contributed by atoms with Gasteiger partial charge in [0, 0.05) is 36.0 Å². The molecule has 1 aliphatic heterocycles. The summed E-state index contributed by atoms with van der Waals surface area (Å²) in [5, 5.41) is 2.92. The molecule has 2 amide bonds. The summed E-state index contributed by atoms with van der Waals surface area (Å²) in [6.45, 7) is 12.0. The third kappa shape index (κ3) is 4.95. The Balaban J connectivity index is 1.82. The van der Waals surface area contributed by atoms with Crippen LogP contribution in [0.1, 0.15) is 88.0 Å². The largest absolute Gasteiger partial charge is 0.444 e. The van der Waals surface area contributed by atoms with Gasteiger partial charge in [0.05, 0.1) is 16.9 Å². The second-order valence-corrected chi connectivity index (χ2v) is 10.1. The summed E-state index contributed by atoms with van der Waals surface area (Å²) in [5.74, 6) is 0.178. The maximum Gasteiger partial charge on any atom is 0.410 e. The van der Waals surface area contributed by atoms with E-state index in [0.29, 0.717) is 24.3 Å². The number of rotatable bonds is 4. The Morgan fingerprint density at radius 2 is 1.76 bits per heavy atom. The molecule has 1 N–H and O–H groups in total. The molecule has 0 atom stereocenters. The van der Waals surface area contributed by atoms with Gasteiger partial charge >= 0.3 is 6.09 Å². The van der Waals surface area contributed by atoms with E-state index in [1.807, 2.05) is 41.5 Å².